The number of benzene rings is 2. The minimum atomic E-state index is -1.09. The van der Waals surface area contributed by atoms with Gasteiger partial charge in [-0.25, -0.2) is 9.18 Å². The van der Waals surface area contributed by atoms with Crippen molar-refractivity contribution in [2.24, 2.45) is 0 Å². The predicted molar refractivity (Wildman–Crippen MR) is 73.9 cm³/mol. The van der Waals surface area contributed by atoms with Crippen LogP contribution in [0.3, 0.4) is 0 Å². The lowest BCUT2D eigenvalue weighted by molar-refractivity contribution is 0.0691. The molecular formula is C15H12ClFO3. The van der Waals surface area contributed by atoms with Crippen LogP contribution in [0, 0.1) is 12.7 Å². The maximum absolute atomic E-state index is 13.6. The van der Waals surface area contributed by atoms with E-state index in [-0.39, 0.29) is 17.9 Å². The van der Waals surface area contributed by atoms with Gasteiger partial charge in [0.1, 0.15) is 23.7 Å². The monoisotopic (exact) mass is 294 g/mol. The first-order chi connectivity index (χ1) is 9.47. The molecule has 0 fully saturated rings. The molecule has 0 amide bonds. The van der Waals surface area contributed by atoms with Crippen molar-refractivity contribution >= 4 is 17.6 Å². The van der Waals surface area contributed by atoms with Gasteiger partial charge < -0.3 is 9.84 Å². The Labute approximate surface area is 120 Å². The van der Waals surface area contributed by atoms with Crippen molar-refractivity contribution in [3.8, 4) is 5.75 Å². The predicted octanol–water partition coefficient (Wildman–Crippen LogP) is 4.06. The summed E-state index contributed by atoms with van der Waals surface area (Å²) in [5, 5.41) is 9.37. The Morgan fingerprint density at radius 2 is 2.05 bits per heavy atom. The van der Waals surface area contributed by atoms with E-state index in [0.717, 1.165) is 5.56 Å². The summed E-state index contributed by atoms with van der Waals surface area (Å²) < 4.78 is 19.0. The third kappa shape index (κ3) is 3.27. The lowest BCUT2D eigenvalue weighted by Gasteiger charge is -2.10. The van der Waals surface area contributed by atoms with Crippen LogP contribution in [0.25, 0.3) is 0 Å². The number of halogens is 2. The van der Waals surface area contributed by atoms with Gasteiger partial charge in [-0.05, 0) is 36.8 Å². The molecule has 20 heavy (non-hydrogen) atoms. The van der Waals surface area contributed by atoms with Crippen LogP contribution in [0.4, 0.5) is 4.39 Å². The number of ether oxygens (including phenoxy) is 1. The number of carboxylic acid groups (broad SMARTS) is 1. The van der Waals surface area contributed by atoms with Crippen LogP contribution >= 0.6 is 11.6 Å². The molecule has 2 aromatic rings. The molecule has 104 valence electrons. The Balaban J connectivity index is 2.22. The molecule has 5 heteroatoms. The highest BCUT2D eigenvalue weighted by Crippen LogP contribution is 2.23. The lowest BCUT2D eigenvalue weighted by atomic mass is 10.1. The second kappa shape index (κ2) is 5.92. The third-order valence-electron chi connectivity index (χ3n) is 2.77. The molecular weight excluding hydrogens is 283 g/mol. The number of hydrogen-bond donors (Lipinski definition) is 1. The molecule has 0 aliphatic rings. The fraction of sp³-hybridized carbons (Fsp3) is 0.133. The van der Waals surface area contributed by atoms with E-state index < -0.39 is 11.8 Å². The van der Waals surface area contributed by atoms with E-state index in [9.17, 15) is 9.18 Å². The summed E-state index contributed by atoms with van der Waals surface area (Å²) in [6.07, 6.45) is 0. The number of aromatic carboxylic acids is 1. The third-order valence-corrected chi connectivity index (χ3v) is 3.00. The Morgan fingerprint density at radius 3 is 2.70 bits per heavy atom. The molecule has 0 aliphatic heterocycles. The van der Waals surface area contributed by atoms with E-state index >= 15 is 0 Å². The van der Waals surface area contributed by atoms with E-state index in [1.165, 1.54) is 18.2 Å². The smallest absolute Gasteiger partial charge is 0.339 e. The Morgan fingerprint density at radius 1 is 1.30 bits per heavy atom. The molecule has 0 radical (unpaired) electrons. The first kappa shape index (κ1) is 14.3. The van der Waals surface area contributed by atoms with Crippen LogP contribution in [0.15, 0.2) is 36.4 Å². The molecule has 0 aliphatic carbocycles. The van der Waals surface area contributed by atoms with Gasteiger partial charge in [-0.15, -0.1) is 0 Å². The summed E-state index contributed by atoms with van der Waals surface area (Å²) in [5.74, 6) is -1.36. The zero-order valence-electron chi connectivity index (χ0n) is 10.7. The van der Waals surface area contributed by atoms with Crippen molar-refractivity contribution in [2.75, 3.05) is 0 Å². The van der Waals surface area contributed by atoms with Gasteiger partial charge in [0, 0.05) is 10.6 Å². The average molecular weight is 295 g/mol. The van der Waals surface area contributed by atoms with Crippen LogP contribution in [0.5, 0.6) is 5.75 Å². The first-order valence-corrected chi connectivity index (χ1v) is 6.26. The molecule has 3 nitrogen and oxygen atoms in total. The van der Waals surface area contributed by atoms with E-state index in [0.29, 0.717) is 10.6 Å². The summed E-state index contributed by atoms with van der Waals surface area (Å²) in [6.45, 7) is 1.76. The normalized spacial score (nSPS) is 10.3. The molecule has 0 aromatic heterocycles. The van der Waals surface area contributed by atoms with Crippen molar-refractivity contribution < 1.29 is 19.0 Å². The van der Waals surface area contributed by atoms with Crippen molar-refractivity contribution in [3.05, 3.63) is 63.9 Å². The zero-order valence-corrected chi connectivity index (χ0v) is 11.4. The minimum absolute atomic E-state index is 0.0463. The highest BCUT2D eigenvalue weighted by molar-refractivity contribution is 6.30. The number of carboxylic acids is 1. The number of hydrogen-bond acceptors (Lipinski definition) is 2. The Bertz CT molecular complexity index is 656. The van der Waals surface area contributed by atoms with E-state index in [2.05, 4.69) is 0 Å². The summed E-state index contributed by atoms with van der Waals surface area (Å²) in [4.78, 5) is 11.1. The van der Waals surface area contributed by atoms with Gasteiger partial charge in [-0.3, -0.25) is 0 Å². The van der Waals surface area contributed by atoms with E-state index in [4.69, 9.17) is 21.4 Å². The topological polar surface area (TPSA) is 46.5 Å². The van der Waals surface area contributed by atoms with Gasteiger partial charge in [0.2, 0.25) is 0 Å². The molecule has 0 unspecified atom stereocenters. The number of carbonyl (C=O) groups is 1. The van der Waals surface area contributed by atoms with Gasteiger partial charge in [-0.2, -0.15) is 0 Å². The largest absolute Gasteiger partial charge is 0.488 e. The second-order valence-electron chi connectivity index (χ2n) is 4.33. The van der Waals surface area contributed by atoms with Crippen LogP contribution in [0.2, 0.25) is 5.02 Å². The maximum atomic E-state index is 13.6. The van der Waals surface area contributed by atoms with Crippen LogP contribution in [-0.4, -0.2) is 11.1 Å². The van der Waals surface area contributed by atoms with Gasteiger partial charge in [-0.1, -0.05) is 23.7 Å². The molecule has 0 atom stereocenters. The molecule has 0 bridgehead atoms. The quantitative estimate of drug-likeness (QED) is 0.925. The van der Waals surface area contributed by atoms with Gasteiger partial charge >= 0.3 is 5.97 Å². The second-order valence-corrected chi connectivity index (χ2v) is 4.77. The van der Waals surface area contributed by atoms with Crippen LogP contribution in [-0.2, 0) is 6.61 Å². The van der Waals surface area contributed by atoms with E-state index in [1.54, 1.807) is 18.2 Å². The van der Waals surface area contributed by atoms with Crippen LogP contribution < -0.4 is 4.74 Å². The maximum Gasteiger partial charge on any atom is 0.339 e. The van der Waals surface area contributed by atoms with Crippen molar-refractivity contribution in [1.82, 2.24) is 0 Å². The van der Waals surface area contributed by atoms with Crippen molar-refractivity contribution in [1.29, 1.82) is 0 Å². The molecule has 2 aromatic carbocycles. The summed E-state index contributed by atoms with van der Waals surface area (Å²) in [6, 6.07) is 9.00. The van der Waals surface area contributed by atoms with Crippen molar-refractivity contribution in [2.45, 2.75) is 13.5 Å². The standard InChI is InChI=1S/C15H12ClFO3/c1-9-2-5-12(15(18)19)14(6-9)20-8-10-3-4-11(16)7-13(10)17/h2-7H,8H2,1H3,(H,18,19). The van der Waals surface area contributed by atoms with Gasteiger partial charge in [0.05, 0.1) is 0 Å². The molecule has 0 spiro atoms. The molecule has 1 N–H and O–H groups in total. The minimum Gasteiger partial charge on any atom is -0.488 e. The Hall–Kier alpha value is -2.07. The summed E-state index contributed by atoms with van der Waals surface area (Å²) >= 11 is 5.66. The lowest BCUT2D eigenvalue weighted by Crippen LogP contribution is -2.04. The first-order valence-electron chi connectivity index (χ1n) is 5.88. The highest BCUT2D eigenvalue weighted by atomic mass is 35.5. The van der Waals surface area contributed by atoms with Crippen LogP contribution in [0.1, 0.15) is 21.5 Å². The van der Waals surface area contributed by atoms with Crippen molar-refractivity contribution in [3.63, 3.8) is 0 Å². The fourth-order valence-electron chi connectivity index (χ4n) is 1.72. The average Bonchev–Trinajstić information content (AvgIpc) is 2.37. The summed E-state index contributed by atoms with van der Waals surface area (Å²) in [7, 11) is 0. The van der Waals surface area contributed by atoms with Gasteiger partial charge in [0.15, 0.2) is 0 Å². The zero-order chi connectivity index (χ0) is 14.7. The van der Waals surface area contributed by atoms with E-state index in [1.807, 2.05) is 6.92 Å². The fourth-order valence-corrected chi connectivity index (χ4v) is 1.88. The summed E-state index contributed by atoms with van der Waals surface area (Å²) in [5.41, 5.74) is 1.22. The number of aryl methyl sites for hydroxylation is 1. The molecule has 2 rings (SSSR count). The Kier molecular flexibility index (Phi) is 4.25. The molecule has 0 saturated heterocycles. The number of rotatable bonds is 4. The highest BCUT2D eigenvalue weighted by Gasteiger charge is 2.12. The SMILES string of the molecule is Cc1ccc(C(=O)O)c(OCc2ccc(Cl)cc2F)c1. The molecule has 0 heterocycles. The van der Waals surface area contributed by atoms with Gasteiger partial charge in [0.25, 0.3) is 0 Å². The molecule has 0 saturated carbocycles.